The maximum Gasteiger partial charge on any atom is 0.244 e. The van der Waals surface area contributed by atoms with Gasteiger partial charge in [0.2, 0.25) is 21.8 Å². The number of hydrogen-bond donors (Lipinski definition) is 1. The summed E-state index contributed by atoms with van der Waals surface area (Å²) in [6, 6.07) is 31.8. The Labute approximate surface area is 277 Å². The van der Waals surface area contributed by atoms with E-state index >= 15 is 0 Å². The minimum absolute atomic E-state index is 0.0819. The Morgan fingerprint density at radius 2 is 1.43 bits per heavy atom. The van der Waals surface area contributed by atoms with Crippen molar-refractivity contribution in [3.63, 3.8) is 0 Å². The third-order valence-electron chi connectivity index (χ3n) is 7.42. The first-order valence-corrected chi connectivity index (χ1v) is 17.5. The average Bonchev–Trinajstić information content (AvgIpc) is 3.06. The monoisotopic (exact) mass is 661 g/mol. The Balaban J connectivity index is 1.63. The molecule has 0 bridgehead atoms. The molecule has 4 aromatic rings. The molecule has 0 radical (unpaired) electrons. The molecule has 4 rings (SSSR count). The quantitative estimate of drug-likeness (QED) is 0.143. The molecule has 46 heavy (non-hydrogen) atoms. The number of carbonyl (C=O) groups excluding carboxylic acids is 2. The number of nitrogens with one attached hydrogen (secondary N) is 1. The van der Waals surface area contributed by atoms with E-state index in [-0.39, 0.29) is 18.9 Å². The standard InChI is InChI=1S/C36H40ClN3O5S/c1-3-4-23-38-36(42)34(24-28-11-7-5-8-12-28)39(25-29-15-17-31(37)18-16-29)35(41)26-40(46(2,43)44)32-19-21-33(22-20-32)45-27-30-13-9-6-10-14-30/h5-22,34H,3-4,23-27H2,1-2H3,(H,38,42)/t34-/m0/s1. The van der Waals surface area contributed by atoms with Crippen LogP contribution in [0.2, 0.25) is 5.02 Å². The van der Waals surface area contributed by atoms with Crippen molar-refractivity contribution in [2.75, 3.05) is 23.7 Å². The second-order valence-electron chi connectivity index (χ2n) is 11.0. The molecule has 0 saturated heterocycles. The van der Waals surface area contributed by atoms with Crippen LogP contribution in [-0.2, 0) is 39.2 Å². The highest BCUT2D eigenvalue weighted by molar-refractivity contribution is 7.92. The van der Waals surface area contributed by atoms with Crippen LogP contribution in [0.5, 0.6) is 5.75 Å². The number of rotatable bonds is 16. The van der Waals surface area contributed by atoms with Crippen molar-refractivity contribution in [1.82, 2.24) is 10.2 Å². The van der Waals surface area contributed by atoms with E-state index in [1.807, 2.05) is 67.6 Å². The molecule has 10 heteroatoms. The van der Waals surface area contributed by atoms with Crippen LogP contribution in [0.4, 0.5) is 5.69 Å². The summed E-state index contributed by atoms with van der Waals surface area (Å²) >= 11 is 6.12. The van der Waals surface area contributed by atoms with Crippen molar-refractivity contribution in [2.24, 2.45) is 0 Å². The van der Waals surface area contributed by atoms with E-state index in [1.165, 1.54) is 4.90 Å². The Bertz CT molecular complexity index is 1650. The summed E-state index contributed by atoms with van der Waals surface area (Å²) in [5, 5.41) is 3.52. The van der Waals surface area contributed by atoms with Crippen LogP contribution < -0.4 is 14.4 Å². The number of ether oxygens (including phenoxy) is 1. The van der Waals surface area contributed by atoms with Gasteiger partial charge in [0.15, 0.2) is 0 Å². The first kappa shape index (κ1) is 34.5. The van der Waals surface area contributed by atoms with Crippen molar-refractivity contribution in [1.29, 1.82) is 0 Å². The van der Waals surface area contributed by atoms with Crippen LogP contribution in [0.1, 0.15) is 36.5 Å². The third-order valence-corrected chi connectivity index (χ3v) is 8.81. The molecule has 0 spiro atoms. The van der Waals surface area contributed by atoms with Crippen molar-refractivity contribution in [3.05, 3.63) is 131 Å². The third kappa shape index (κ3) is 10.4. The molecule has 2 amide bonds. The number of benzene rings is 4. The number of anilines is 1. The van der Waals surface area contributed by atoms with E-state index in [0.717, 1.165) is 40.1 Å². The molecule has 0 saturated carbocycles. The maximum atomic E-state index is 14.2. The highest BCUT2D eigenvalue weighted by Crippen LogP contribution is 2.24. The van der Waals surface area contributed by atoms with Crippen LogP contribution in [0.3, 0.4) is 0 Å². The summed E-state index contributed by atoms with van der Waals surface area (Å²) in [4.78, 5) is 29.4. The van der Waals surface area contributed by atoms with Gasteiger partial charge in [0, 0.05) is 24.5 Å². The summed E-state index contributed by atoms with van der Waals surface area (Å²) < 4.78 is 33.1. The van der Waals surface area contributed by atoms with Crippen molar-refractivity contribution in [2.45, 2.75) is 45.4 Å². The molecule has 0 fully saturated rings. The first-order valence-electron chi connectivity index (χ1n) is 15.2. The summed E-state index contributed by atoms with van der Waals surface area (Å²) in [5.74, 6) is -0.259. The second-order valence-corrected chi connectivity index (χ2v) is 13.4. The largest absolute Gasteiger partial charge is 0.489 e. The summed E-state index contributed by atoms with van der Waals surface area (Å²) in [5.41, 5.74) is 2.93. The molecule has 0 aliphatic rings. The van der Waals surface area contributed by atoms with Gasteiger partial charge in [-0.1, -0.05) is 97.7 Å². The lowest BCUT2D eigenvalue weighted by molar-refractivity contribution is -0.140. The topological polar surface area (TPSA) is 96.0 Å². The normalized spacial score (nSPS) is 11.8. The fourth-order valence-electron chi connectivity index (χ4n) is 4.91. The molecule has 1 N–H and O–H groups in total. The van der Waals surface area contributed by atoms with Gasteiger partial charge in [-0.2, -0.15) is 0 Å². The van der Waals surface area contributed by atoms with Crippen LogP contribution in [-0.4, -0.2) is 50.5 Å². The van der Waals surface area contributed by atoms with Gasteiger partial charge in [0.25, 0.3) is 0 Å². The van der Waals surface area contributed by atoms with Gasteiger partial charge < -0.3 is 15.0 Å². The molecule has 0 aromatic heterocycles. The number of unbranched alkanes of at least 4 members (excludes halogenated alkanes) is 1. The minimum Gasteiger partial charge on any atom is -0.489 e. The van der Waals surface area contributed by atoms with E-state index < -0.39 is 28.5 Å². The molecule has 8 nitrogen and oxygen atoms in total. The molecule has 0 aliphatic heterocycles. The highest BCUT2D eigenvalue weighted by atomic mass is 35.5. The van der Waals surface area contributed by atoms with Gasteiger partial charge in [-0.25, -0.2) is 8.42 Å². The van der Waals surface area contributed by atoms with E-state index in [1.54, 1.807) is 48.5 Å². The smallest absolute Gasteiger partial charge is 0.244 e. The summed E-state index contributed by atoms with van der Waals surface area (Å²) in [7, 11) is -3.89. The molecular weight excluding hydrogens is 622 g/mol. The van der Waals surface area contributed by atoms with Gasteiger partial charge >= 0.3 is 0 Å². The maximum absolute atomic E-state index is 14.2. The van der Waals surface area contributed by atoms with Crippen LogP contribution in [0, 0.1) is 0 Å². The molecule has 0 heterocycles. The molecule has 4 aromatic carbocycles. The number of nitrogens with zero attached hydrogens (tertiary/aromatic N) is 2. The average molecular weight is 662 g/mol. The predicted octanol–water partition coefficient (Wildman–Crippen LogP) is 6.24. The fourth-order valence-corrected chi connectivity index (χ4v) is 5.89. The highest BCUT2D eigenvalue weighted by Gasteiger charge is 2.33. The van der Waals surface area contributed by atoms with Crippen LogP contribution in [0.15, 0.2) is 109 Å². The van der Waals surface area contributed by atoms with Crippen molar-refractivity contribution >= 4 is 39.1 Å². The lowest BCUT2D eigenvalue weighted by Crippen LogP contribution is -2.53. The Hall–Kier alpha value is -4.34. The van der Waals surface area contributed by atoms with Gasteiger partial charge in [-0.3, -0.25) is 13.9 Å². The number of hydrogen-bond acceptors (Lipinski definition) is 5. The summed E-state index contributed by atoms with van der Waals surface area (Å²) in [6.45, 7) is 2.45. The molecule has 1 atom stereocenters. The van der Waals surface area contributed by atoms with E-state index in [4.69, 9.17) is 16.3 Å². The Morgan fingerprint density at radius 1 is 0.826 bits per heavy atom. The summed E-state index contributed by atoms with van der Waals surface area (Å²) in [6.07, 6.45) is 3.01. The zero-order valence-electron chi connectivity index (χ0n) is 26.1. The second kappa shape index (κ2) is 16.8. The van der Waals surface area contributed by atoms with Crippen LogP contribution >= 0.6 is 11.6 Å². The lowest BCUT2D eigenvalue weighted by atomic mass is 10.0. The Morgan fingerprint density at radius 3 is 2.02 bits per heavy atom. The Kier molecular flexibility index (Phi) is 12.6. The van der Waals surface area contributed by atoms with Crippen molar-refractivity contribution < 1.29 is 22.7 Å². The predicted molar refractivity (Wildman–Crippen MR) is 183 cm³/mol. The number of halogens is 1. The molecule has 0 aliphatic carbocycles. The first-order chi connectivity index (χ1) is 22.1. The SMILES string of the molecule is CCCCNC(=O)[C@H](Cc1ccccc1)N(Cc1ccc(Cl)cc1)C(=O)CN(c1ccc(OCc2ccccc2)cc1)S(C)(=O)=O. The fraction of sp³-hybridized carbons (Fsp3) is 0.278. The van der Waals surface area contributed by atoms with Gasteiger partial charge in [-0.05, 0) is 59.5 Å². The van der Waals surface area contributed by atoms with Crippen molar-refractivity contribution in [3.8, 4) is 5.75 Å². The minimum atomic E-state index is -3.89. The zero-order chi connectivity index (χ0) is 32.9. The van der Waals surface area contributed by atoms with E-state index in [9.17, 15) is 18.0 Å². The van der Waals surface area contributed by atoms with Gasteiger partial charge in [-0.15, -0.1) is 0 Å². The molecular formula is C36H40ClN3O5S. The van der Waals surface area contributed by atoms with Crippen LogP contribution in [0.25, 0.3) is 0 Å². The van der Waals surface area contributed by atoms with Gasteiger partial charge in [0.05, 0.1) is 11.9 Å². The number of carbonyl (C=O) groups is 2. The van der Waals surface area contributed by atoms with E-state index in [0.29, 0.717) is 29.6 Å². The van der Waals surface area contributed by atoms with E-state index in [2.05, 4.69) is 5.32 Å². The molecule has 242 valence electrons. The number of amides is 2. The molecule has 0 unspecified atom stereocenters. The zero-order valence-corrected chi connectivity index (χ0v) is 27.7. The number of sulfonamides is 1. The van der Waals surface area contributed by atoms with Gasteiger partial charge in [0.1, 0.15) is 24.9 Å². The lowest BCUT2D eigenvalue weighted by Gasteiger charge is -2.33.